The fraction of sp³-hybridized carbons (Fsp3) is 0.806. The second kappa shape index (κ2) is 9.82. The first-order valence-corrected chi connectivity index (χ1v) is 14.3. The lowest BCUT2D eigenvalue weighted by atomic mass is 9.36. The molecular formula is C31H48O6. The van der Waals surface area contributed by atoms with Crippen molar-refractivity contribution >= 4 is 11.9 Å². The van der Waals surface area contributed by atoms with Crippen LogP contribution in [0.25, 0.3) is 0 Å². The molecule has 4 fully saturated rings. The SMILES string of the molecule is CC(=O)O[C@@H]1C[C@]2(C)[C@H](C[C@H](O)[C@@H]3[C@]4(C)CC[C@H](O)[C@H](C)[C@@H]4CC[C@]32C)/C1=C(\CCC=C(C)C)C(=O)O. The Bertz CT molecular complexity index is 994. The Labute approximate surface area is 222 Å². The number of aliphatic carboxylic acids is 1. The molecule has 0 radical (unpaired) electrons. The van der Waals surface area contributed by atoms with Crippen molar-refractivity contribution < 1.29 is 29.6 Å². The summed E-state index contributed by atoms with van der Waals surface area (Å²) in [4.78, 5) is 24.8. The standard InChI is InChI=1S/C31H48O6/c1-17(2)9-8-10-20(28(35)36)26-22-15-24(34)27-29(5)13-12-23(33)18(3)21(29)11-14-30(27,6)31(22,7)16-25(26)37-19(4)32/h9,18,21-25,27,33-34H,8,10-16H2,1-7H3,(H,35,36)/b26-20-/t18-,21+,22-,23+,24+,25-,27-,29-,30-,31-/m1/s1. The molecule has 0 saturated heterocycles. The fourth-order valence-electron chi connectivity index (χ4n) is 9.79. The summed E-state index contributed by atoms with van der Waals surface area (Å²) in [5, 5.41) is 32.9. The van der Waals surface area contributed by atoms with E-state index >= 15 is 0 Å². The highest BCUT2D eigenvalue weighted by Gasteiger charge is 2.70. The fourth-order valence-corrected chi connectivity index (χ4v) is 9.79. The van der Waals surface area contributed by atoms with Gasteiger partial charge in [-0.05, 0) is 111 Å². The normalized spacial score (nSPS) is 46.2. The molecule has 10 atom stereocenters. The van der Waals surface area contributed by atoms with Crippen molar-refractivity contribution in [3.8, 4) is 0 Å². The molecule has 3 N–H and O–H groups in total. The van der Waals surface area contributed by atoms with E-state index in [9.17, 15) is 24.9 Å². The molecule has 4 saturated carbocycles. The lowest BCUT2D eigenvalue weighted by Gasteiger charge is -2.69. The molecule has 0 aliphatic heterocycles. The largest absolute Gasteiger partial charge is 0.478 e. The highest BCUT2D eigenvalue weighted by molar-refractivity contribution is 5.88. The number of hydrogen-bond donors (Lipinski definition) is 3. The molecule has 6 nitrogen and oxygen atoms in total. The van der Waals surface area contributed by atoms with Gasteiger partial charge in [-0.1, -0.05) is 39.3 Å². The van der Waals surface area contributed by atoms with Crippen LogP contribution in [0, 0.1) is 39.9 Å². The molecule has 0 amide bonds. The molecule has 4 aliphatic rings. The van der Waals surface area contributed by atoms with Crippen molar-refractivity contribution in [3.05, 3.63) is 22.8 Å². The van der Waals surface area contributed by atoms with Crippen LogP contribution in [0.4, 0.5) is 0 Å². The Morgan fingerprint density at radius 2 is 1.70 bits per heavy atom. The minimum Gasteiger partial charge on any atom is -0.478 e. The molecule has 208 valence electrons. The molecule has 0 aromatic heterocycles. The number of esters is 1. The molecule has 37 heavy (non-hydrogen) atoms. The molecule has 0 bridgehead atoms. The molecular weight excluding hydrogens is 468 g/mol. The van der Waals surface area contributed by atoms with Crippen molar-refractivity contribution in [2.75, 3.05) is 0 Å². The van der Waals surface area contributed by atoms with Crippen molar-refractivity contribution in [1.82, 2.24) is 0 Å². The Kier molecular flexibility index (Phi) is 7.53. The van der Waals surface area contributed by atoms with Crippen molar-refractivity contribution in [1.29, 1.82) is 0 Å². The summed E-state index contributed by atoms with van der Waals surface area (Å²) < 4.78 is 5.87. The van der Waals surface area contributed by atoms with Gasteiger partial charge in [0.1, 0.15) is 6.10 Å². The smallest absolute Gasteiger partial charge is 0.331 e. The zero-order chi connectivity index (χ0) is 27.5. The second-order valence-electron chi connectivity index (χ2n) is 13.6. The van der Waals surface area contributed by atoms with Gasteiger partial charge in [0.05, 0.1) is 12.2 Å². The van der Waals surface area contributed by atoms with E-state index in [4.69, 9.17) is 4.74 Å². The third-order valence-corrected chi connectivity index (χ3v) is 11.6. The first-order chi connectivity index (χ1) is 17.2. The maximum absolute atomic E-state index is 12.6. The van der Waals surface area contributed by atoms with Crippen LogP contribution < -0.4 is 0 Å². The third-order valence-electron chi connectivity index (χ3n) is 11.6. The van der Waals surface area contributed by atoms with Crippen LogP contribution in [0.3, 0.4) is 0 Å². The summed E-state index contributed by atoms with van der Waals surface area (Å²) in [7, 11) is 0. The van der Waals surface area contributed by atoms with Gasteiger partial charge in [-0.3, -0.25) is 4.79 Å². The molecule has 4 rings (SSSR count). The molecule has 0 unspecified atom stereocenters. The number of allylic oxidation sites excluding steroid dienone is 2. The van der Waals surface area contributed by atoms with Crippen LogP contribution in [0.2, 0.25) is 0 Å². The number of carboxylic acid groups (broad SMARTS) is 1. The predicted molar refractivity (Wildman–Crippen MR) is 143 cm³/mol. The highest BCUT2D eigenvalue weighted by Crippen LogP contribution is 2.74. The minimum atomic E-state index is -0.953. The van der Waals surface area contributed by atoms with Gasteiger partial charge in [0.15, 0.2) is 0 Å². The topological polar surface area (TPSA) is 104 Å². The summed E-state index contributed by atoms with van der Waals surface area (Å²) in [6.07, 6.45) is 6.22. The van der Waals surface area contributed by atoms with Gasteiger partial charge in [0.25, 0.3) is 0 Å². The number of ether oxygens (including phenoxy) is 1. The zero-order valence-corrected chi connectivity index (χ0v) is 23.8. The monoisotopic (exact) mass is 516 g/mol. The van der Waals surface area contributed by atoms with Gasteiger partial charge in [-0.15, -0.1) is 0 Å². The van der Waals surface area contributed by atoms with Crippen LogP contribution in [0.15, 0.2) is 22.8 Å². The van der Waals surface area contributed by atoms with E-state index in [2.05, 4.69) is 27.7 Å². The molecule has 0 heterocycles. The number of carboxylic acids is 1. The summed E-state index contributed by atoms with van der Waals surface area (Å²) >= 11 is 0. The molecule has 0 aromatic carbocycles. The number of fused-ring (bicyclic) bond motifs is 5. The third kappa shape index (κ3) is 4.40. The number of carbonyl (C=O) groups is 2. The van der Waals surface area contributed by atoms with Gasteiger partial charge >= 0.3 is 11.9 Å². The lowest BCUT2D eigenvalue weighted by Crippen LogP contribution is -2.65. The van der Waals surface area contributed by atoms with Gasteiger partial charge in [-0.25, -0.2) is 4.79 Å². The first-order valence-electron chi connectivity index (χ1n) is 14.3. The Morgan fingerprint density at radius 1 is 1.03 bits per heavy atom. The van der Waals surface area contributed by atoms with Crippen molar-refractivity contribution in [2.24, 2.45) is 39.9 Å². The van der Waals surface area contributed by atoms with Gasteiger partial charge in [0, 0.05) is 12.5 Å². The van der Waals surface area contributed by atoms with Crippen LogP contribution in [-0.4, -0.2) is 45.6 Å². The minimum absolute atomic E-state index is 0.0474. The number of hydrogen-bond acceptors (Lipinski definition) is 5. The Balaban J connectivity index is 1.82. The number of rotatable bonds is 5. The summed E-state index contributed by atoms with van der Waals surface area (Å²) in [6.45, 7) is 14.5. The van der Waals surface area contributed by atoms with Crippen molar-refractivity contribution in [2.45, 2.75) is 118 Å². The van der Waals surface area contributed by atoms with Crippen molar-refractivity contribution in [3.63, 3.8) is 0 Å². The van der Waals surface area contributed by atoms with E-state index in [1.54, 1.807) is 0 Å². The summed E-state index contributed by atoms with van der Waals surface area (Å²) in [5.41, 5.74) is 1.57. The van der Waals surface area contributed by atoms with Crippen LogP contribution in [0.1, 0.15) is 99.8 Å². The molecule has 4 aliphatic carbocycles. The second-order valence-corrected chi connectivity index (χ2v) is 13.6. The summed E-state index contributed by atoms with van der Waals surface area (Å²) in [6, 6.07) is 0. The average molecular weight is 517 g/mol. The van der Waals surface area contributed by atoms with E-state index in [1.165, 1.54) is 6.92 Å². The Hall–Kier alpha value is -1.66. The van der Waals surface area contributed by atoms with Gasteiger partial charge in [0.2, 0.25) is 0 Å². The van der Waals surface area contributed by atoms with Gasteiger partial charge < -0.3 is 20.1 Å². The first kappa shape index (κ1) is 28.4. The van der Waals surface area contributed by atoms with E-state index in [0.717, 1.165) is 36.8 Å². The van der Waals surface area contributed by atoms with E-state index in [-0.39, 0.29) is 40.1 Å². The molecule has 0 spiro atoms. The number of aliphatic hydroxyl groups excluding tert-OH is 2. The zero-order valence-electron chi connectivity index (χ0n) is 23.8. The average Bonchev–Trinajstić information content (AvgIpc) is 3.05. The maximum Gasteiger partial charge on any atom is 0.331 e. The maximum atomic E-state index is 12.6. The van der Waals surface area contributed by atoms with Gasteiger partial charge in [-0.2, -0.15) is 0 Å². The molecule has 6 heteroatoms. The predicted octanol–water partition coefficient (Wildman–Crippen LogP) is 5.67. The van der Waals surface area contributed by atoms with E-state index < -0.39 is 24.1 Å². The van der Waals surface area contributed by atoms with Crippen LogP contribution >= 0.6 is 0 Å². The lowest BCUT2D eigenvalue weighted by molar-refractivity contribution is -0.234. The number of aliphatic hydroxyl groups is 2. The number of carbonyl (C=O) groups excluding carboxylic acids is 1. The summed E-state index contributed by atoms with van der Waals surface area (Å²) in [5.74, 6) is -0.909. The highest BCUT2D eigenvalue weighted by atomic mass is 16.5. The van der Waals surface area contributed by atoms with E-state index in [1.807, 2.05) is 19.9 Å². The van der Waals surface area contributed by atoms with Crippen LogP contribution in [0.5, 0.6) is 0 Å². The quantitative estimate of drug-likeness (QED) is 0.247. The Morgan fingerprint density at radius 3 is 2.30 bits per heavy atom. The molecule has 0 aromatic rings. The van der Waals surface area contributed by atoms with Crippen LogP contribution in [-0.2, 0) is 14.3 Å². The van der Waals surface area contributed by atoms with E-state index in [0.29, 0.717) is 37.2 Å².